The van der Waals surface area contributed by atoms with Crippen LogP contribution in [-0.2, 0) is 11.2 Å². The Morgan fingerprint density at radius 3 is 2.53 bits per heavy atom. The molecule has 1 saturated carbocycles. The van der Waals surface area contributed by atoms with E-state index in [0.717, 1.165) is 29.5 Å². The molecule has 19 heavy (non-hydrogen) atoms. The fourth-order valence-electron chi connectivity index (χ4n) is 2.98. The molecular weight excluding hydrogens is 306 g/mol. The summed E-state index contributed by atoms with van der Waals surface area (Å²) in [5.74, 6) is 0.847. The van der Waals surface area contributed by atoms with Gasteiger partial charge >= 0.3 is 0 Å². The highest BCUT2D eigenvalue weighted by Gasteiger charge is 2.39. The van der Waals surface area contributed by atoms with Gasteiger partial charge in [0.05, 0.1) is 17.2 Å². The van der Waals surface area contributed by atoms with Crippen LogP contribution in [0.4, 0.5) is 0 Å². The van der Waals surface area contributed by atoms with Crippen LogP contribution < -0.4 is 10.5 Å². The van der Waals surface area contributed by atoms with E-state index in [1.165, 1.54) is 18.4 Å². The smallest absolute Gasteiger partial charge is 0.133 e. The van der Waals surface area contributed by atoms with Gasteiger partial charge < -0.3 is 15.2 Å². The second-order valence-electron chi connectivity index (χ2n) is 5.26. The molecule has 0 aliphatic heterocycles. The van der Waals surface area contributed by atoms with Crippen molar-refractivity contribution in [2.75, 3.05) is 14.2 Å². The number of rotatable bonds is 5. The molecule has 0 saturated heterocycles. The van der Waals surface area contributed by atoms with Gasteiger partial charge in [0.2, 0.25) is 0 Å². The lowest BCUT2D eigenvalue weighted by molar-refractivity contribution is -0.0253. The molecule has 3 nitrogen and oxygen atoms in total. The molecule has 4 heteroatoms. The van der Waals surface area contributed by atoms with E-state index in [2.05, 4.69) is 28.1 Å². The summed E-state index contributed by atoms with van der Waals surface area (Å²) in [6.45, 7) is 0. The third kappa shape index (κ3) is 3.12. The van der Waals surface area contributed by atoms with Crippen molar-refractivity contribution in [2.24, 2.45) is 5.73 Å². The zero-order valence-corrected chi connectivity index (χ0v) is 13.2. The molecule has 0 amide bonds. The summed E-state index contributed by atoms with van der Waals surface area (Å²) in [4.78, 5) is 0. The molecule has 0 aromatic heterocycles. The second kappa shape index (κ2) is 6.25. The van der Waals surface area contributed by atoms with Crippen molar-refractivity contribution in [3.8, 4) is 5.75 Å². The highest BCUT2D eigenvalue weighted by atomic mass is 79.9. The molecule has 1 fully saturated rings. The quantitative estimate of drug-likeness (QED) is 0.902. The zero-order valence-electron chi connectivity index (χ0n) is 11.6. The normalized spacial score (nSPS) is 19.4. The Labute approximate surface area is 123 Å². The van der Waals surface area contributed by atoms with Crippen molar-refractivity contribution >= 4 is 15.9 Å². The van der Waals surface area contributed by atoms with Crippen molar-refractivity contribution in [3.05, 3.63) is 28.2 Å². The third-order valence-electron chi connectivity index (χ3n) is 4.20. The van der Waals surface area contributed by atoms with Crippen LogP contribution in [0.5, 0.6) is 5.75 Å². The maximum atomic E-state index is 6.41. The predicted octanol–water partition coefficient (Wildman–Crippen LogP) is 3.29. The van der Waals surface area contributed by atoms with Gasteiger partial charge in [0, 0.05) is 13.2 Å². The second-order valence-corrected chi connectivity index (χ2v) is 6.11. The standard InChI is InChI=1S/C15H22BrNO2/c1-18-13-6-5-11(9-12(13)16)10-14(17)15(19-2)7-3-4-8-15/h5-6,9,14H,3-4,7-8,10,17H2,1-2H3. The summed E-state index contributed by atoms with van der Waals surface area (Å²) >= 11 is 3.51. The third-order valence-corrected chi connectivity index (χ3v) is 4.82. The number of hydrogen-bond donors (Lipinski definition) is 1. The Hall–Kier alpha value is -0.580. The lowest BCUT2D eigenvalue weighted by atomic mass is 9.88. The Balaban J connectivity index is 2.10. The average molecular weight is 328 g/mol. The predicted molar refractivity (Wildman–Crippen MR) is 80.6 cm³/mol. The summed E-state index contributed by atoms with van der Waals surface area (Å²) in [6, 6.07) is 6.17. The van der Waals surface area contributed by atoms with Gasteiger partial charge in [-0.15, -0.1) is 0 Å². The van der Waals surface area contributed by atoms with E-state index in [0.29, 0.717) is 0 Å². The van der Waals surface area contributed by atoms with Gasteiger partial charge in [-0.05, 0) is 52.9 Å². The Kier molecular flexibility index (Phi) is 4.87. The van der Waals surface area contributed by atoms with Crippen molar-refractivity contribution in [2.45, 2.75) is 43.7 Å². The number of hydrogen-bond acceptors (Lipinski definition) is 3. The molecule has 106 valence electrons. The molecule has 1 unspecified atom stereocenters. The minimum Gasteiger partial charge on any atom is -0.496 e. The minimum atomic E-state index is -0.133. The van der Waals surface area contributed by atoms with Crippen LogP contribution in [0.3, 0.4) is 0 Å². The van der Waals surface area contributed by atoms with Crippen LogP contribution in [-0.4, -0.2) is 25.9 Å². The summed E-state index contributed by atoms with van der Waals surface area (Å²) in [5.41, 5.74) is 7.48. The fraction of sp³-hybridized carbons (Fsp3) is 0.600. The molecule has 0 bridgehead atoms. The molecule has 2 rings (SSSR count). The fourth-order valence-corrected chi connectivity index (χ4v) is 3.56. The largest absolute Gasteiger partial charge is 0.496 e. The molecule has 1 aromatic carbocycles. The van der Waals surface area contributed by atoms with E-state index in [4.69, 9.17) is 15.2 Å². The van der Waals surface area contributed by atoms with Crippen molar-refractivity contribution in [3.63, 3.8) is 0 Å². The van der Waals surface area contributed by atoms with Crippen molar-refractivity contribution < 1.29 is 9.47 Å². The monoisotopic (exact) mass is 327 g/mol. The Bertz CT molecular complexity index is 430. The van der Waals surface area contributed by atoms with Crippen molar-refractivity contribution in [1.29, 1.82) is 0 Å². The first kappa shape index (κ1) is 14.8. The number of methoxy groups -OCH3 is 2. The van der Waals surface area contributed by atoms with Crippen LogP contribution in [0.25, 0.3) is 0 Å². The number of nitrogens with two attached hydrogens (primary N) is 1. The first-order valence-electron chi connectivity index (χ1n) is 6.74. The van der Waals surface area contributed by atoms with Gasteiger partial charge in [0.15, 0.2) is 0 Å². The zero-order chi connectivity index (χ0) is 13.9. The molecule has 1 aliphatic carbocycles. The maximum Gasteiger partial charge on any atom is 0.133 e. The van der Waals surface area contributed by atoms with Gasteiger partial charge in [-0.25, -0.2) is 0 Å². The van der Waals surface area contributed by atoms with E-state index in [-0.39, 0.29) is 11.6 Å². The van der Waals surface area contributed by atoms with Gasteiger partial charge in [-0.1, -0.05) is 18.9 Å². The molecule has 0 spiro atoms. The highest BCUT2D eigenvalue weighted by Crippen LogP contribution is 2.36. The summed E-state index contributed by atoms with van der Waals surface area (Å²) in [7, 11) is 3.46. The maximum absolute atomic E-state index is 6.41. The van der Waals surface area contributed by atoms with E-state index >= 15 is 0 Å². The topological polar surface area (TPSA) is 44.5 Å². The van der Waals surface area contributed by atoms with E-state index in [1.54, 1.807) is 14.2 Å². The average Bonchev–Trinajstić information content (AvgIpc) is 2.89. The van der Waals surface area contributed by atoms with Crippen LogP contribution >= 0.6 is 15.9 Å². The molecule has 1 aliphatic rings. The molecule has 0 heterocycles. The summed E-state index contributed by atoms with van der Waals surface area (Å²) in [6.07, 6.45) is 5.40. The van der Waals surface area contributed by atoms with Crippen molar-refractivity contribution in [1.82, 2.24) is 0 Å². The molecule has 1 aromatic rings. The minimum absolute atomic E-state index is 0.0419. The van der Waals surface area contributed by atoms with Gasteiger partial charge in [0.25, 0.3) is 0 Å². The Morgan fingerprint density at radius 1 is 1.32 bits per heavy atom. The molecular formula is C15H22BrNO2. The van der Waals surface area contributed by atoms with Gasteiger partial charge in [0.1, 0.15) is 5.75 Å². The van der Waals surface area contributed by atoms with E-state index in [1.807, 2.05) is 6.07 Å². The number of ether oxygens (including phenoxy) is 2. The SMILES string of the molecule is COc1ccc(CC(N)C2(OC)CCCC2)cc1Br. The lowest BCUT2D eigenvalue weighted by Crippen LogP contribution is -2.48. The van der Waals surface area contributed by atoms with E-state index in [9.17, 15) is 0 Å². The van der Waals surface area contributed by atoms with Crippen LogP contribution in [0.15, 0.2) is 22.7 Å². The molecule has 2 N–H and O–H groups in total. The summed E-state index contributed by atoms with van der Waals surface area (Å²) < 4.78 is 12.0. The first-order valence-corrected chi connectivity index (χ1v) is 7.54. The van der Waals surface area contributed by atoms with Gasteiger partial charge in [-0.2, -0.15) is 0 Å². The molecule has 1 atom stereocenters. The van der Waals surface area contributed by atoms with Crippen LogP contribution in [0.2, 0.25) is 0 Å². The first-order chi connectivity index (χ1) is 9.11. The molecule has 0 radical (unpaired) electrons. The van der Waals surface area contributed by atoms with E-state index < -0.39 is 0 Å². The lowest BCUT2D eigenvalue weighted by Gasteiger charge is -2.34. The van der Waals surface area contributed by atoms with Crippen LogP contribution in [0, 0.1) is 0 Å². The number of halogens is 1. The van der Waals surface area contributed by atoms with Gasteiger partial charge in [-0.3, -0.25) is 0 Å². The van der Waals surface area contributed by atoms with Crippen LogP contribution in [0.1, 0.15) is 31.2 Å². The number of benzene rings is 1. The highest BCUT2D eigenvalue weighted by molar-refractivity contribution is 9.10. The summed E-state index contributed by atoms with van der Waals surface area (Å²) in [5, 5.41) is 0. The Morgan fingerprint density at radius 2 is 2.00 bits per heavy atom.